The lowest BCUT2D eigenvalue weighted by atomic mass is 10.1. The molecule has 8 heteroatoms. The fraction of sp³-hybridized carbons (Fsp3) is 0.333. The molecule has 0 aliphatic rings. The Kier molecular flexibility index (Phi) is 4.89. The number of benzene rings is 1. The molecule has 4 nitrogen and oxygen atoms in total. The van der Waals surface area contributed by atoms with Gasteiger partial charge in [0.25, 0.3) is 0 Å². The highest BCUT2D eigenvalue weighted by molar-refractivity contribution is 7.88. The van der Waals surface area contributed by atoms with Crippen LogP contribution in [-0.4, -0.2) is 21.0 Å². The lowest BCUT2D eigenvalue weighted by Crippen LogP contribution is -2.28. The molecule has 20 heavy (non-hydrogen) atoms. The molecule has 0 aliphatic carbocycles. The molecule has 0 amide bonds. The van der Waals surface area contributed by atoms with Crippen LogP contribution in [0.4, 0.5) is 13.2 Å². The van der Waals surface area contributed by atoms with Gasteiger partial charge in [-0.2, -0.15) is 21.6 Å². The second-order valence-electron chi connectivity index (χ2n) is 3.64. The maximum absolute atomic E-state index is 12.4. The Balaban J connectivity index is 3.25. The molecule has 0 saturated heterocycles. The van der Waals surface area contributed by atoms with Crippen LogP contribution in [0.15, 0.2) is 18.2 Å². The van der Waals surface area contributed by atoms with Crippen LogP contribution in [-0.2, 0) is 16.5 Å². The van der Waals surface area contributed by atoms with Crippen molar-refractivity contribution < 1.29 is 30.5 Å². The molecule has 0 spiro atoms. The lowest BCUT2D eigenvalue weighted by molar-refractivity contribution is -0.0500. The number of terminal acetylenes is 1. The maximum Gasteiger partial charge on any atom is 0.534 e. The SMILES string of the molecule is C#CCCc1cccc(OC)c1OS(=O)(=O)C(F)(F)F. The van der Waals surface area contributed by atoms with Crippen LogP contribution in [0, 0.1) is 12.3 Å². The summed E-state index contributed by atoms with van der Waals surface area (Å²) in [7, 11) is -4.57. The Morgan fingerprint density at radius 2 is 2.00 bits per heavy atom. The van der Waals surface area contributed by atoms with Gasteiger partial charge in [-0.3, -0.25) is 0 Å². The Morgan fingerprint density at radius 1 is 1.35 bits per heavy atom. The number of rotatable bonds is 5. The molecular weight excluding hydrogens is 297 g/mol. The average molecular weight is 308 g/mol. The van der Waals surface area contributed by atoms with Crippen molar-refractivity contribution in [2.45, 2.75) is 18.3 Å². The van der Waals surface area contributed by atoms with E-state index in [1.165, 1.54) is 25.3 Å². The first-order valence-electron chi connectivity index (χ1n) is 5.33. The van der Waals surface area contributed by atoms with Crippen molar-refractivity contribution in [3.8, 4) is 23.8 Å². The summed E-state index contributed by atoms with van der Waals surface area (Å²) in [5, 5.41) is 0. The summed E-state index contributed by atoms with van der Waals surface area (Å²) in [6.07, 6.45) is 5.45. The quantitative estimate of drug-likeness (QED) is 0.476. The van der Waals surface area contributed by atoms with Gasteiger partial charge in [0.15, 0.2) is 11.5 Å². The Morgan fingerprint density at radius 3 is 2.50 bits per heavy atom. The van der Waals surface area contributed by atoms with E-state index in [0.717, 1.165) is 0 Å². The van der Waals surface area contributed by atoms with Crippen LogP contribution in [0.25, 0.3) is 0 Å². The highest BCUT2D eigenvalue weighted by atomic mass is 32.2. The summed E-state index contributed by atoms with van der Waals surface area (Å²) >= 11 is 0. The van der Waals surface area contributed by atoms with Crippen molar-refractivity contribution in [1.82, 2.24) is 0 Å². The second kappa shape index (κ2) is 6.05. The fourth-order valence-corrected chi connectivity index (χ4v) is 1.88. The smallest absolute Gasteiger partial charge is 0.493 e. The van der Waals surface area contributed by atoms with Crippen molar-refractivity contribution in [3.63, 3.8) is 0 Å². The van der Waals surface area contributed by atoms with Gasteiger partial charge in [0.2, 0.25) is 0 Å². The summed E-state index contributed by atoms with van der Waals surface area (Å²) in [6, 6.07) is 4.21. The molecule has 0 N–H and O–H groups in total. The van der Waals surface area contributed by atoms with E-state index in [2.05, 4.69) is 10.1 Å². The topological polar surface area (TPSA) is 52.6 Å². The minimum absolute atomic E-state index is 0.118. The van der Waals surface area contributed by atoms with Gasteiger partial charge in [0, 0.05) is 12.0 Å². The number of hydrogen-bond donors (Lipinski definition) is 0. The Bertz CT molecular complexity index is 615. The molecule has 0 saturated carbocycles. The van der Waals surface area contributed by atoms with Gasteiger partial charge in [-0.05, 0) is 12.5 Å². The Labute approximate surface area is 114 Å². The third-order valence-corrected chi connectivity index (χ3v) is 3.25. The van der Waals surface area contributed by atoms with Crippen LogP contribution >= 0.6 is 0 Å². The van der Waals surface area contributed by atoms with Crippen LogP contribution < -0.4 is 8.92 Å². The van der Waals surface area contributed by atoms with Gasteiger partial charge in [-0.1, -0.05) is 12.1 Å². The van der Waals surface area contributed by atoms with E-state index in [4.69, 9.17) is 11.2 Å². The standard InChI is InChI=1S/C12H11F3O4S/c1-3-4-6-9-7-5-8-10(18-2)11(9)19-20(16,17)12(13,14)15/h1,5,7-8H,4,6H2,2H3. The average Bonchev–Trinajstić information content (AvgIpc) is 2.35. The van der Waals surface area contributed by atoms with E-state index >= 15 is 0 Å². The lowest BCUT2D eigenvalue weighted by Gasteiger charge is -2.15. The molecule has 110 valence electrons. The van der Waals surface area contributed by atoms with E-state index in [0.29, 0.717) is 0 Å². The van der Waals surface area contributed by atoms with Crippen molar-refractivity contribution in [2.75, 3.05) is 7.11 Å². The molecular formula is C12H11F3O4S. The number of alkyl halides is 3. The van der Waals surface area contributed by atoms with E-state index in [-0.39, 0.29) is 24.2 Å². The van der Waals surface area contributed by atoms with Crippen molar-refractivity contribution in [3.05, 3.63) is 23.8 Å². The number of halogens is 3. The number of hydrogen-bond acceptors (Lipinski definition) is 4. The molecule has 1 aromatic rings. The molecule has 0 aliphatic heterocycles. The fourth-order valence-electron chi connectivity index (χ4n) is 1.38. The third kappa shape index (κ3) is 3.57. The van der Waals surface area contributed by atoms with E-state index in [1.54, 1.807) is 0 Å². The third-order valence-electron chi connectivity index (χ3n) is 2.30. The summed E-state index contributed by atoms with van der Waals surface area (Å²) in [5.41, 5.74) is -5.30. The molecule has 0 radical (unpaired) electrons. The maximum atomic E-state index is 12.4. The molecule has 0 fully saturated rings. The summed E-state index contributed by atoms with van der Waals surface area (Å²) in [5.74, 6) is 1.69. The summed E-state index contributed by atoms with van der Waals surface area (Å²) in [4.78, 5) is 0. The highest BCUT2D eigenvalue weighted by Gasteiger charge is 2.49. The first kappa shape index (κ1) is 16.2. The number of ether oxygens (including phenoxy) is 1. The molecule has 0 bridgehead atoms. The first-order valence-corrected chi connectivity index (χ1v) is 6.74. The minimum atomic E-state index is -5.76. The van der Waals surface area contributed by atoms with Crippen LogP contribution in [0.5, 0.6) is 11.5 Å². The van der Waals surface area contributed by atoms with Crippen LogP contribution in [0.2, 0.25) is 0 Å². The minimum Gasteiger partial charge on any atom is -0.493 e. The van der Waals surface area contributed by atoms with Gasteiger partial charge in [-0.15, -0.1) is 12.3 Å². The van der Waals surface area contributed by atoms with Gasteiger partial charge < -0.3 is 8.92 Å². The van der Waals surface area contributed by atoms with Crippen LogP contribution in [0.3, 0.4) is 0 Å². The van der Waals surface area contributed by atoms with Gasteiger partial charge >= 0.3 is 15.6 Å². The summed E-state index contributed by atoms with van der Waals surface area (Å²) in [6.45, 7) is 0. The van der Waals surface area contributed by atoms with Gasteiger partial charge in [0.05, 0.1) is 7.11 Å². The van der Waals surface area contributed by atoms with E-state index in [1.807, 2.05) is 0 Å². The van der Waals surface area contributed by atoms with Crippen molar-refractivity contribution in [2.24, 2.45) is 0 Å². The zero-order chi connectivity index (χ0) is 15.4. The number of aryl methyl sites for hydroxylation is 1. The number of para-hydroxylation sites is 1. The normalized spacial score (nSPS) is 11.8. The van der Waals surface area contributed by atoms with Gasteiger partial charge in [0.1, 0.15) is 0 Å². The molecule has 0 atom stereocenters. The second-order valence-corrected chi connectivity index (χ2v) is 5.17. The van der Waals surface area contributed by atoms with Gasteiger partial charge in [-0.25, -0.2) is 0 Å². The number of methoxy groups -OCH3 is 1. The van der Waals surface area contributed by atoms with Crippen LogP contribution in [0.1, 0.15) is 12.0 Å². The largest absolute Gasteiger partial charge is 0.534 e. The Hall–Kier alpha value is -1.88. The predicted octanol–water partition coefficient (Wildman–Crippen LogP) is 2.49. The van der Waals surface area contributed by atoms with Crippen molar-refractivity contribution in [1.29, 1.82) is 0 Å². The monoisotopic (exact) mass is 308 g/mol. The molecule has 1 rings (SSSR count). The molecule has 0 aromatic heterocycles. The summed E-state index contributed by atoms with van der Waals surface area (Å²) < 4.78 is 68.2. The first-order chi connectivity index (χ1) is 9.23. The predicted molar refractivity (Wildman–Crippen MR) is 65.8 cm³/mol. The highest BCUT2D eigenvalue weighted by Crippen LogP contribution is 2.36. The molecule has 1 aromatic carbocycles. The van der Waals surface area contributed by atoms with E-state index < -0.39 is 21.4 Å². The zero-order valence-corrected chi connectivity index (χ0v) is 11.2. The molecule has 0 heterocycles. The van der Waals surface area contributed by atoms with E-state index in [9.17, 15) is 21.6 Å². The zero-order valence-electron chi connectivity index (χ0n) is 10.4. The molecule has 0 unspecified atom stereocenters. The van der Waals surface area contributed by atoms with Crippen molar-refractivity contribution >= 4 is 10.1 Å².